The maximum absolute atomic E-state index is 12.8. The molecule has 2 amide bonds. The maximum Gasteiger partial charge on any atom is 0.259 e. The Bertz CT molecular complexity index is 1270. The van der Waals surface area contributed by atoms with Crippen molar-refractivity contribution in [2.24, 2.45) is 0 Å². The van der Waals surface area contributed by atoms with Crippen molar-refractivity contribution in [3.8, 4) is 11.3 Å². The predicted octanol–water partition coefficient (Wildman–Crippen LogP) is 4.74. The molecular weight excluding hydrogens is 384 g/mol. The van der Waals surface area contributed by atoms with Gasteiger partial charge in [-0.3, -0.25) is 14.9 Å². The lowest BCUT2D eigenvalue weighted by atomic mass is 9.99. The molecule has 0 atom stereocenters. The first-order valence-electron chi connectivity index (χ1n) is 9.36. The molecule has 3 heterocycles. The number of rotatable bonds is 3. The Balaban J connectivity index is 1.43. The number of carbonyl (C=O) groups excluding carboxylic acids is 2. The van der Waals surface area contributed by atoms with Gasteiger partial charge in [0.25, 0.3) is 5.91 Å². The third-order valence-electron chi connectivity index (χ3n) is 5.12. The van der Waals surface area contributed by atoms with Crippen molar-refractivity contribution in [2.45, 2.75) is 19.8 Å². The fourth-order valence-corrected chi connectivity index (χ4v) is 4.52. The Labute approximate surface area is 171 Å². The van der Waals surface area contributed by atoms with Crippen LogP contribution in [0.15, 0.2) is 48.7 Å². The average molecular weight is 402 g/mol. The molecule has 0 fully saturated rings. The number of aromatic nitrogens is 2. The van der Waals surface area contributed by atoms with E-state index < -0.39 is 0 Å². The van der Waals surface area contributed by atoms with Crippen LogP contribution < -0.4 is 10.6 Å². The van der Waals surface area contributed by atoms with Crippen molar-refractivity contribution in [3.05, 3.63) is 64.7 Å². The molecule has 1 aliphatic heterocycles. The highest BCUT2D eigenvalue weighted by Gasteiger charge is 2.18. The Hall–Kier alpha value is -3.45. The van der Waals surface area contributed by atoms with Gasteiger partial charge >= 0.3 is 0 Å². The van der Waals surface area contributed by atoms with Gasteiger partial charge < -0.3 is 10.3 Å². The minimum Gasteiger partial charge on any atom is -0.361 e. The minimum absolute atomic E-state index is 0.0529. The van der Waals surface area contributed by atoms with Gasteiger partial charge in [-0.25, -0.2) is 4.98 Å². The standard InChI is InChI=1S/C22H18N4O2S/c1-12-19(15-5-7-17-14(11-15)6-8-18(27)24-17)25-22(29-12)26-21(28)16-4-2-3-13-9-10-23-20(13)16/h2-5,7,9-11,23H,6,8H2,1H3,(H,24,27)(H,25,26,28). The lowest BCUT2D eigenvalue weighted by Crippen LogP contribution is -2.18. The van der Waals surface area contributed by atoms with Gasteiger partial charge in [-0.2, -0.15) is 0 Å². The molecule has 0 radical (unpaired) electrons. The first-order valence-corrected chi connectivity index (χ1v) is 10.2. The monoisotopic (exact) mass is 402 g/mol. The average Bonchev–Trinajstić information content (AvgIpc) is 3.33. The summed E-state index contributed by atoms with van der Waals surface area (Å²) in [5.74, 6) is -0.135. The number of carbonyl (C=O) groups is 2. The van der Waals surface area contributed by atoms with Crippen LogP contribution in [0, 0.1) is 6.92 Å². The maximum atomic E-state index is 12.8. The summed E-state index contributed by atoms with van der Waals surface area (Å²) in [4.78, 5) is 33.2. The van der Waals surface area contributed by atoms with Crippen LogP contribution in [0.5, 0.6) is 0 Å². The van der Waals surface area contributed by atoms with Gasteiger partial charge in [0.15, 0.2) is 5.13 Å². The number of nitrogens with zero attached hydrogens (tertiary/aromatic N) is 1. The minimum atomic E-state index is -0.188. The largest absolute Gasteiger partial charge is 0.361 e. The van der Waals surface area contributed by atoms with Gasteiger partial charge in [0.1, 0.15) is 0 Å². The molecule has 0 spiro atoms. The van der Waals surface area contributed by atoms with E-state index in [0.717, 1.165) is 44.7 Å². The van der Waals surface area contributed by atoms with Crippen LogP contribution in [0.4, 0.5) is 10.8 Å². The lowest BCUT2D eigenvalue weighted by Gasteiger charge is -2.17. The van der Waals surface area contributed by atoms with Crippen LogP contribution in [0.2, 0.25) is 0 Å². The summed E-state index contributed by atoms with van der Waals surface area (Å²) in [6, 6.07) is 13.5. The van der Waals surface area contributed by atoms with Gasteiger partial charge in [-0.15, -0.1) is 11.3 Å². The molecule has 2 aromatic carbocycles. The van der Waals surface area contributed by atoms with Gasteiger partial charge in [-0.05, 0) is 43.2 Å². The molecule has 2 aromatic heterocycles. The van der Waals surface area contributed by atoms with E-state index in [0.29, 0.717) is 17.1 Å². The van der Waals surface area contributed by atoms with E-state index in [-0.39, 0.29) is 11.8 Å². The van der Waals surface area contributed by atoms with E-state index >= 15 is 0 Å². The molecule has 0 bridgehead atoms. The number of H-pyrrole nitrogens is 1. The number of amides is 2. The van der Waals surface area contributed by atoms with Crippen molar-refractivity contribution < 1.29 is 9.59 Å². The quantitative estimate of drug-likeness (QED) is 0.463. The number of aromatic amines is 1. The van der Waals surface area contributed by atoms with Crippen molar-refractivity contribution in [1.82, 2.24) is 9.97 Å². The molecule has 0 unspecified atom stereocenters. The fraction of sp³-hybridized carbons (Fsp3) is 0.136. The van der Waals surface area contributed by atoms with E-state index in [1.54, 1.807) is 6.07 Å². The second-order valence-corrected chi connectivity index (χ2v) is 8.25. The summed E-state index contributed by atoms with van der Waals surface area (Å²) in [7, 11) is 0. The Kier molecular flexibility index (Phi) is 4.17. The number of fused-ring (bicyclic) bond motifs is 2. The number of nitrogens with one attached hydrogen (secondary N) is 3. The van der Waals surface area contributed by atoms with Crippen LogP contribution >= 0.6 is 11.3 Å². The van der Waals surface area contributed by atoms with Crippen LogP contribution in [0.1, 0.15) is 27.2 Å². The number of hydrogen-bond acceptors (Lipinski definition) is 4. The van der Waals surface area contributed by atoms with E-state index in [1.807, 2.05) is 43.5 Å². The van der Waals surface area contributed by atoms with E-state index in [1.165, 1.54) is 11.3 Å². The second kappa shape index (κ2) is 6.86. The highest BCUT2D eigenvalue weighted by Crippen LogP contribution is 2.34. The first-order chi connectivity index (χ1) is 14.1. The third kappa shape index (κ3) is 3.19. The van der Waals surface area contributed by atoms with Gasteiger partial charge in [0, 0.05) is 34.1 Å². The zero-order chi connectivity index (χ0) is 20.0. The molecule has 0 saturated heterocycles. The van der Waals surface area contributed by atoms with E-state index in [9.17, 15) is 9.59 Å². The Morgan fingerprint density at radius 3 is 2.97 bits per heavy atom. The van der Waals surface area contributed by atoms with E-state index in [2.05, 4.69) is 26.7 Å². The highest BCUT2D eigenvalue weighted by atomic mass is 32.1. The SMILES string of the molecule is Cc1sc(NC(=O)c2cccc3cc[nH]c23)nc1-c1ccc2c(c1)CCC(=O)N2. The molecule has 0 saturated carbocycles. The predicted molar refractivity (Wildman–Crippen MR) is 115 cm³/mol. The summed E-state index contributed by atoms with van der Waals surface area (Å²) >= 11 is 1.45. The molecule has 5 rings (SSSR count). The van der Waals surface area contributed by atoms with Crippen molar-refractivity contribution in [1.29, 1.82) is 0 Å². The fourth-order valence-electron chi connectivity index (χ4n) is 3.69. The van der Waals surface area contributed by atoms with Gasteiger partial charge in [-0.1, -0.05) is 18.2 Å². The summed E-state index contributed by atoms with van der Waals surface area (Å²) < 4.78 is 0. The molecule has 3 N–H and O–H groups in total. The normalized spacial score (nSPS) is 13.2. The Morgan fingerprint density at radius 2 is 2.07 bits per heavy atom. The summed E-state index contributed by atoms with van der Waals surface area (Å²) in [5.41, 5.74) is 5.22. The van der Waals surface area contributed by atoms with Crippen LogP contribution in [0.3, 0.4) is 0 Å². The number of thiazole rings is 1. The molecule has 0 aliphatic carbocycles. The van der Waals surface area contributed by atoms with Crippen LogP contribution in [0.25, 0.3) is 22.2 Å². The molecule has 6 nitrogen and oxygen atoms in total. The van der Waals surface area contributed by atoms with Crippen LogP contribution in [-0.2, 0) is 11.2 Å². The smallest absolute Gasteiger partial charge is 0.259 e. The molecule has 4 aromatic rings. The summed E-state index contributed by atoms with van der Waals surface area (Å²) in [5, 5.41) is 7.39. The second-order valence-electron chi connectivity index (χ2n) is 7.05. The number of aryl methyl sites for hydroxylation is 2. The summed E-state index contributed by atoms with van der Waals surface area (Å²) in [6.45, 7) is 2.00. The molecule has 7 heteroatoms. The number of para-hydroxylation sites is 1. The zero-order valence-electron chi connectivity index (χ0n) is 15.7. The third-order valence-corrected chi connectivity index (χ3v) is 6.01. The van der Waals surface area contributed by atoms with Crippen molar-refractivity contribution >= 4 is 44.9 Å². The molecule has 1 aliphatic rings. The van der Waals surface area contributed by atoms with Gasteiger partial charge in [0.2, 0.25) is 5.91 Å². The number of anilines is 2. The zero-order valence-corrected chi connectivity index (χ0v) is 16.5. The Morgan fingerprint density at radius 1 is 1.17 bits per heavy atom. The number of benzene rings is 2. The number of hydrogen-bond donors (Lipinski definition) is 3. The van der Waals surface area contributed by atoms with Crippen molar-refractivity contribution in [3.63, 3.8) is 0 Å². The first kappa shape index (κ1) is 17.6. The highest BCUT2D eigenvalue weighted by molar-refractivity contribution is 7.16. The lowest BCUT2D eigenvalue weighted by molar-refractivity contribution is -0.116. The molecule has 144 valence electrons. The van der Waals surface area contributed by atoms with Gasteiger partial charge in [0.05, 0.1) is 16.8 Å². The van der Waals surface area contributed by atoms with Crippen molar-refractivity contribution in [2.75, 3.05) is 10.6 Å². The topological polar surface area (TPSA) is 86.9 Å². The molecule has 29 heavy (non-hydrogen) atoms. The van der Waals surface area contributed by atoms with Crippen LogP contribution in [-0.4, -0.2) is 21.8 Å². The summed E-state index contributed by atoms with van der Waals surface area (Å²) in [6.07, 6.45) is 3.05. The van der Waals surface area contributed by atoms with E-state index in [4.69, 9.17) is 0 Å². The molecular formula is C22H18N4O2S.